The molecular weight excluding hydrogens is 300 g/mol. The van der Waals surface area contributed by atoms with Gasteiger partial charge in [-0.05, 0) is 26.8 Å². The number of hydrogen-bond acceptors (Lipinski definition) is 3. The number of carbonyl (C=O) groups excluding carboxylic acids is 1. The van der Waals surface area contributed by atoms with E-state index in [4.69, 9.17) is 12.2 Å². The Morgan fingerprint density at radius 1 is 1.33 bits per heavy atom. The topological polar surface area (TPSA) is 36.1 Å². The second-order valence-corrected chi connectivity index (χ2v) is 6.79. The average molecular weight is 320 g/mol. The van der Waals surface area contributed by atoms with E-state index in [2.05, 4.69) is 23.7 Å². The molecule has 5 heteroatoms. The van der Waals surface area contributed by atoms with Gasteiger partial charge in [0, 0.05) is 35.8 Å². The molecule has 1 atom stereocenters. The third-order valence-electron chi connectivity index (χ3n) is 3.52. The minimum absolute atomic E-state index is 0.118. The van der Waals surface area contributed by atoms with Crippen molar-refractivity contribution in [2.45, 2.75) is 26.0 Å². The van der Waals surface area contributed by atoms with Gasteiger partial charge in [0.25, 0.3) is 0 Å². The lowest BCUT2D eigenvalue weighted by Crippen LogP contribution is -2.29. The molecule has 0 aliphatic rings. The quantitative estimate of drug-likeness (QED) is 0.665. The SMILES string of the molecule is CCN(CC)C(=S)S[C@@H](C)C(=O)c1c[nH]c2ccccc12. The lowest BCUT2D eigenvalue weighted by molar-refractivity contribution is 0.0996. The number of benzene rings is 1. The smallest absolute Gasteiger partial charge is 0.178 e. The Labute approximate surface area is 135 Å². The highest BCUT2D eigenvalue weighted by Crippen LogP contribution is 2.24. The van der Waals surface area contributed by atoms with Crippen molar-refractivity contribution in [3.8, 4) is 0 Å². The zero-order valence-electron chi connectivity index (χ0n) is 12.6. The molecule has 0 saturated carbocycles. The Morgan fingerprint density at radius 3 is 2.67 bits per heavy atom. The Bertz CT molecular complexity index is 647. The molecule has 0 aliphatic heterocycles. The summed E-state index contributed by atoms with van der Waals surface area (Å²) >= 11 is 6.89. The van der Waals surface area contributed by atoms with Crippen LogP contribution in [0.4, 0.5) is 0 Å². The molecule has 1 aromatic carbocycles. The summed E-state index contributed by atoms with van der Waals surface area (Å²) in [6.07, 6.45) is 1.80. The van der Waals surface area contributed by atoms with E-state index >= 15 is 0 Å². The van der Waals surface area contributed by atoms with Crippen molar-refractivity contribution in [1.29, 1.82) is 0 Å². The van der Waals surface area contributed by atoms with Crippen molar-refractivity contribution < 1.29 is 4.79 Å². The molecule has 2 rings (SSSR count). The molecular formula is C16H20N2OS2. The summed E-state index contributed by atoms with van der Waals surface area (Å²) in [5, 5.41) is 0.793. The van der Waals surface area contributed by atoms with Crippen LogP contribution in [0.1, 0.15) is 31.1 Å². The second kappa shape index (κ2) is 7.09. The van der Waals surface area contributed by atoms with E-state index in [0.717, 1.165) is 33.9 Å². The molecule has 3 nitrogen and oxygen atoms in total. The number of ketones is 1. The number of Topliss-reactive ketones (excluding diaryl/α,β-unsaturated/α-hetero) is 1. The largest absolute Gasteiger partial charge is 0.360 e. The molecule has 0 spiro atoms. The number of rotatable bonds is 5. The normalized spacial score (nSPS) is 12.3. The summed E-state index contributed by atoms with van der Waals surface area (Å²) in [5.41, 5.74) is 1.73. The van der Waals surface area contributed by atoms with Gasteiger partial charge in [0.1, 0.15) is 4.32 Å². The third kappa shape index (κ3) is 3.47. The first-order valence-corrected chi connectivity index (χ1v) is 8.43. The summed E-state index contributed by atoms with van der Waals surface area (Å²) < 4.78 is 0.792. The number of aromatic amines is 1. The van der Waals surface area contributed by atoms with E-state index < -0.39 is 0 Å². The molecule has 2 aromatic rings. The highest BCUT2D eigenvalue weighted by molar-refractivity contribution is 8.23. The first-order chi connectivity index (χ1) is 10.1. The van der Waals surface area contributed by atoms with Gasteiger partial charge in [0.2, 0.25) is 0 Å². The number of carbonyl (C=O) groups is 1. The first kappa shape index (κ1) is 16.0. The maximum Gasteiger partial charge on any atom is 0.178 e. The Balaban J connectivity index is 2.14. The fourth-order valence-corrected chi connectivity index (χ4v) is 3.89. The van der Waals surface area contributed by atoms with Gasteiger partial charge in [-0.25, -0.2) is 0 Å². The standard InChI is InChI=1S/C16H20N2OS2/c1-4-18(5-2)16(20)21-11(3)15(19)13-10-17-14-9-7-6-8-12(13)14/h6-11,17H,4-5H2,1-3H3/t11-/m0/s1. The molecule has 21 heavy (non-hydrogen) atoms. The lowest BCUT2D eigenvalue weighted by atomic mass is 10.1. The fourth-order valence-electron chi connectivity index (χ4n) is 2.26. The van der Waals surface area contributed by atoms with Crippen LogP contribution in [-0.2, 0) is 0 Å². The number of aromatic nitrogens is 1. The van der Waals surface area contributed by atoms with Crippen LogP contribution in [0.15, 0.2) is 30.5 Å². The minimum Gasteiger partial charge on any atom is -0.360 e. The van der Waals surface area contributed by atoms with Gasteiger partial charge in [0.15, 0.2) is 5.78 Å². The van der Waals surface area contributed by atoms with Crippen LogP contribution in [0.25, 0.3) is 10.9 Å². The number of para-hydroxylation sites is 1. The van der Waals surface area contributed by atoms with E-state index in [-0.39, 0.29) is 11.0 Å². The van der Waals surface area contributed by atoms with Crippen molar-refractivity contribution in [3.63, 3.8) is 0 Å². The Morgan fingerprint density at radius 2 is 2.00 bits per heavy atom. The van der Waals surface area contributed by atoms with Crippen molar-refractivity contribution in [2.75, 3.05) is 13.1 Å². The van der Waals surface area contributed by atoms with E-state index in [1.54, 1.807) is 6.20 Å². The molecule has 1 aromatic heterocycles. The van der Waals surface area contributed by atoms with E-state index in [1.807, 2.05) is 31.2 Å². The molecule has 112 valence electrons. The Hall–Kier alpha value is -1.33. The Kier molecular flexibility index (Phi) is 5.42. The monoisotopic (exact) mass is 320 g/mol. The first-order valence-electron chi connectivity index (χ1n) is 7.14. The van der Waals surface area contributed by atoms with E-state index in [9.17, 15) is 4.79 Å². The van der Waals surface area contributed by atoms with Gasteiger partial charge in [-0.1, -0.05) is 42.2 Å². The summed E-state index contributed by atoms with van der Waals surface area (Å²) in [6, 6.07) is 7.86. The van der Waals surface area contributed by atoms with Crippen molar-refractivity contribution in [2.24, 2.45) is 0 Å². The van der Waals surface area contributed by atoms with Crippen LogP contribution in [0.5, 0.6) is 0 Å². The molecule has 1 heterocycles. The second-order valence-electron chi connectivity index (χ2n) is 4.81. The number of fused-ring (bicyclic) bond motifs is 1. The molecule has 0 unspecified atom stereocenters. The van der Waals surface area contributed by atoms with Gasteiger partial charge in [-0.2, -0.15) is 0 Å². The van der Waals surface area contributed by atoms with Crippen LogP contribution >= 0.6 is 24.0 Å². The van der Waals surface area contributed by atoms with Crippen LogP contribution < -0.4 is 0 Å². The summed E-state index contributed by atoms with van der Waals surface area (Å²) in [4.78, 5) is 17.9. The van der Waals surface area contributed by atoms with Gasteiger partial charge in [-0.3, -0.25) is 4.79 Å². The van der Waals surface area contributed by atoms with Crippen molar-refractivity contribution >= 4 is 45.0 Å². The molecule has 1 N–H and O–H groups in total. The highest BCUT2D eigenvalue weighted by atomic mass is 32.2. The van der Waals surface area contributed by atoms with Crippen molar-refractivity contribution in [1.82, 2.24) is 9.88 Å². The van der Waals surface area contributed by atoms with Gasteiger partial charge in [0.05, 0.1) is 5.25 Å². The fraction of sp³-hybridized carbons (Fsp3) is 0.375. The maximum absolute atomic E-state index is 12.6. The third-order valence-corrected chi connectivity index (χ3v) is 5.10. The molecule has 0 fully saturated rings. The summed E-state index contributed by atoms with van der Waals surface area (Å²) in [6.45, 7) is 7.81. The van der Waals surface area contributed by atoms with E-state index in [0.29, 0.717) is 0 Å². The van der Waals surface area contributed by atoms with Crippen LogP contribution in [0.3, 0.4) is 0 Å². The summed E-state index contributed by atoms with van der Waals surface area (Å²) in [5.74, 6) is 0.118. The van der Waals surface area contributed by atoms with Crippen LogP contribution in [-0.4, -0.2) is 38.3 Å². The van der Waals surface area contributed by atoms with Crippen molar-refractivity contribution in [3.05, 3.63) is 36.0 Å². The van der Waals surface area contributed by atoms with E-state index in [1.165, 1.54) is 11.8 Å². The summed E-state index contributed by atoms with van der Waals surface area (Å²) in [7, 11) is 0. The zero-order chi connectivity index (χ0) is 15.4. The molecule has 0 bridgehead atoms. The molecule has 0 saturated heterocycles. The number of nitrogens with zero attached hydrogens (tertiary/aromatic N) is 1. The molecule has 0 amide bonds. The zero-order valence-corrected chi connectivity index (χ0v) is 14.2. The van der Waals surface area contributed by atoms with Crippen LogP contribution in [0, 0.1) is 0 Å². The number of hydrogen-bond donors (Lipinski definition) is 1. The predicted molar refractivity (Wildman–Crippen MR) is 95.2 cm³/mol. The number of thiocarbonyl (C=S) groups is 1. The lowest BCUT2D eigenvalue weighted by Gasteiger charge is -2.22. The van der Waals surface area contributed by atoms with Gasteiger partial charge >= 0.3 is 0 Å². The number of thioether (sulfide) groups is 1. The average Bonchev–Trinajstić information content (AvgIpc) is 2.91. The number of nitrogens with one attached hydrogen (secondary N) is 1. The molecule has 0 radical (unpaired) electrons. The predicted octanol–water partition coefficient (Wildman–Crippen LogP) is 4.10. The maximum atomic E-state index is 12.6. The highest BCUT2D eigenvalue weighted by Gasteiger charge is 2.21. The van der Waals surface area contributed by atoms with Crippen LogP contribution in [0.2, 0.25) is 0 Å². The number of H-pyrrole nitrogens is 1. The molecule has 0 aliphatic carbocycles. The minimum atomic E-state index is -0.183. The van der Waals surface area contributed by atoms with Gasteiger partial charge in [-0.15, -0.1) is 0 Å². The van der Waals surface area contributed by atoms with Gasteiger partial charge < -0.3 is 9.88 Å².